The highest BCUT2D eigenvalue weighted by atomic mass is 32.2. The summed E-state index contributed by atoms with van der Waals surface area (Å²) in [6.07, 6.45) is 3.18. The van der Waals surface area contributed by atoms with Crippen LogP contribution in [0.5, 0.6) is 5.75 Å². The minimum Gasteiger partial charge on any atom is -0.502 e. The molecule has 116 valence electrons. The lowest BCUT2D eigenvalue weighted by Gasteiger charge is -2.16. The first-order valence-electron chi connectivity index (χ1n) is 6.78. The number of sulfonamides is 1. The Bertz CT molecular complexity index is 644. The molecule has 2 unspecified atom stereocenters. The molecule has 0 aromatic heterocycles. The predicted molar refractivity (Wildman–Crippen MR) is 76.5 cm³/mol. The fraction of sp³-hybridized carbons (Fsp3) is 0.538. The molecule has 0 bridgehead atoms. The molecule has 1 aliphatic rings. The summed E-state index contributed by atoms with van der Waals surface area (Å²) >= 11 is 0. The van der Waals surface area contributed by atoms with Gasteiger partial charge in [-0.05, 0) is 30.4 Å². The third kappa shape index (κ3) is 3.51. The largest absolute Gasteiger partial charge is 0.502 e. The first kappa shape index (κ1) is 15.7. The quantitative estimate of drug-likeness (QED) is 0.638. The van der Waals surface area contributed by atoms with E-state index in [1.807, 2.05) is 0 Å². The van der Waals surface area contributed by atoms with Crippen LogP contribution in [-0.2, 0) is 10.0 Å². The molecule has 1 aromatic rings. The fourth-order valence-electron chi connectivity index (χ4n) is 2.64. The van der Waals surface area contributed by atoms with E-state index < -0.39 is 26.4 Å². The van der Waals surface area contributed by atoms with Crippen molar-refractivity contribution < 1.29 is 18.4 Å². The van der Waals surface area contributed by atoms with Gasteiger partial charge in [0.1, 0.15) is 0 Å². The Morgan fingerprint density at radius 3 is 2.71 bits per heavy atom. The molecule has 7 nitrogen and oxygen atoms in total. The Morgan fingerprint density at radius 2 is 2.14 bits per heavy atom. The number of phenolic OH excluding ortho intramolecular Hbond substituents is 1. The van der Waals surface area contributed by atoms with Crippen LogP contribution in [0.4, 0.5) is 5.69 Å². The van der Waals surface area contributed by atoms with Gasteiger partial charge in [-0.3, -0.25) is 10.1 Å². The number of aromatic hydroxyl groups is 1. The monoisotopic (exact) mass is 314 g/mol. The first-order valence-corrected chi connectivity index (χ1v) is 8.26. The molecule has 1 fully saturated rings. The second-order valence-electron chi connectivity index (χ2n) is 5.43. The summed E-state index contributed by atoms with van der Waals surface area (Å²) in [7, 11) is -3.81. The summed E-state index contributed by atoms with van der Waals surface area (Å²) < 4.78 is 26.8. The number of nitrogens with one attached hydrogen (secondary N) is 1. The van der Waals surface area contributed by atoms with Gasteiger partial charge in [-0.2, -0.15) is 0 Å². The standard InChI is InChI=1S/C13H18N2O5S/c1-9-3-2-4-10(9)8-14-21(19,20)11-5-6-13(16)12(7-11)15(17)18/h5-7,9-10,14,16H,2-4,8H2,1H3. The molecule has 21 heavy (non-hydrogen) atoms. The molecule has 0 amide bonds. The summed E-state index contributed by atoms with van der Waals surface area (Å²) in [4.78, 5) is 9.72. The van der Waals surface area contributed by atoms with Crippen molar-refractivity contribution in [3.63, 3.8) is 0 Å². The van der Waals surface area contributed by atoms with Gasteiger partial charge < -0.3 is 5.11 Å². The van der Waals surface area contributed by atoms with Gasteiger partial charge in [-0.15, -0.1) is 0 Å². The van der Waals surface area contributed by atoms with E-state index in [0.717, 1.165) is 37.5 Å². The van der Waals surface area contributed by atoms with E-state index in [9.17, 15) is 23.6 Å². The fourth-order valence-corrected chi connectivity index (χ4v) is 3.76. The van der Waals surface area contributed by atoms with Crippen LogP contribution in [-0.4, -0.2) is 25.0 Å². The number of benzene rings is 1. The number of nitro benzene ring substituents is 1. The Labute approximate surface area is 123 Å². The molecular weight excluding hydrogens is 296 g/mol. The van der Waals surface area contributed by atoms with E-state index in [4.69, 9.17) is 0 Å². The number of hydrogen-bond donors (Lipinski definition) is 2. The molecule has 1 saturated carbocycles. The van der Waals surface area contributed by atoms with E-state index in [1.54, 1.807) is 0 Å². The Morgan fingerprint density at radius 1 is 1.43 bits per heavy atom. The van der Waals surface area contributed by atoms with Gasteiger partial charge in [0.25, 0.3) is 0 Å². The highest BCUT2D eigenvalue weighted by Gasteiger charge is 2.26. The van der Waals surface area contributed by atoms with Crippen LogP contribution < -0.4 is 4.72 Å². The maximum atomic E-state index is 12.2. The first-order chi connectivity index (χ1) is 9.81. The second kappa shape index (κ2) is 5.98. The molecule has 1 aromatic carbocycles. The second-order valence-corrected chi connectivity index (χ2v) is 7.19. The Kier molecular flexibility index (Phi) is 4.48. The lowest BCUT2D eigenvalue weighted by molar-refractivity contribution is -0.386. The van der Waals surface area contributed by atoms with E-state index in [1.165, 1.54) is 0 Å². The van der Waals surface area contributed by atoms with Crippen LogP contribution in [0.3, 0.4) is 0 Å². The van der Waals surface area contributed by atoms with Crippen molar-refractivity contribution in [2.45, 2.75) is 31.1 Å². The van der Waals surface area contributed by atoms with E-state index in [2.05, 4.69) is 11.6 Å². The third-order valence-corrected chi connectivity index (χ3v) is 5.45. The maximum Gasteiger partial charge on any atom is 0.312 e. The highest BCUT2D eigenvalue weighted by Crippen LogP contribution is 2.31. The number of rotatable bonds is 5. The third-order valence-electron chi connectivity index (χ3n) is 4.03. The Balaban J connectivity index is 2.15. The van der Waals surface area contributed by atoms with Crippen molar-refractivity contribution in [1.29, 1.82) is 0 Å². The molecule has 0 spiro atoms. The van der Waals surface area contributed by atoms with Gasteiger partial charge in [0, 0.05) is 12.6 Å². The zero-order chi connectivity index (χ0) is 15.6. The van der Waals surface area contributed by atoms with E-state index in [0.29, 0.717) is 18.4 Å². The van der Waals surface area contributed by atoms with Crippen LogP contribution >= 0.6 is 0 Å². The van der Waals surface area contributed by atoms with Crippen molar-refractivity contribution in [1.82, 2.24) is 4.72 Å². The number of phenols is 1. The maximum absolute atomic E-state index is 12.2. The summed E-state index contributed by atoms with van der Waals surface area (Å²) in [6.45, 7) is 2.43. The smallest absolute Gasteiger partial charge is 0.312 e. The molecule has 2 rings (SSSR count). The van der Waals surface area contributed by atoms with Gasteiger partial charge in [-0.25, -0.2) is 13.1 Å². The van der Waals surface area contributed by atoms with Crippen LogP contribution in [0.15, 0.2) is 23.1 Å². The molecule has 8 heteroatoms. The number of hydrogen-bond acceptors (Lipinski definition) is 5. The van der Waals surface area contributed by atoms with Crippen LogP contribution in [0.2, 0.25) is 0 Å². The van der Waals surface area contributed by atoms with Gasteiger partial charge >= 0.3 is 5.69 Å². The highest BCUT2D eigenvalue weighted by molar-refractivity contribution is 7.89. The minimum atomic E-state index is -3.81. The molecule has 1 aliphatic carbocycles. The van der Waals surface area contributed by atoms with Crippen LogP contribution in [0.1, 0.15) is 26.2 Å². The summed E-state index contributed by atoms with van der Waals surface area (Å²) in [5, 5.41) is 20.1. The van der Waals surface area contributed by atoms with E-state index >= 15 is 0 Å². The van der Waals surface area contributed by atoms with Gasteiger partial charge in [0.15, 0.2) is 5.75 Å². The summed E-state index contributed by atoms with van der Waals surface area (Å²) in [5.41, 5.74) is -0.618. The molecule has 0 radical (unpaired) electrons. The van der Waals surface area contributed by atoms with Gasteiger partial charge in [0.05, 0.1) is 9.82 Å². The van der Waals surface area contributed by atoms with Gasteiger partial charge in [-0.1, -0.05) is 19.8 Å². The summed E-state index contributed by atoms with van der Waals surface area (Å²) in [5.74, 6) is 0.220. The summed E-state index contributed by atoms with van der Waals surface area (Å²) in [6, 6.07) is 3.05. The van der Waals surface area contributed by atoms with Crippen molar-refractivity contribution >= 4 is 15.7 Å². The van der Waals surface area contributed by atoms with E-state index in [-0.39, 0.29) is 4.90 Å². The zero-order valence-corrected chi connectivity index (χ0v) is 12.5. The van der Waals surface area contributed by atoms with Crippen LogP contribution in [0, 0.1) is 22.0 Å². The molecule has 2 atom stereocenters. The minimum absolute atomic E-state index is 0.211. The zero-order valence-electron chi connectivity index (χ0n) is 11.7. The lowest BCUT2D eigenvalue weighted by atomic mass is 9.99. The predicted octanol–water partition coefficient (Wildman–Crippen LogP) is 2.01. The average Bonchev–Trinajstić information content (AvgIpc) is 2.82. The van der Waals surface area contributed by atoms with Crippen LogP contribution in [0.25, 0.3) is 0 Å². The molecule has 2 N–H and O–H groups in total. The molecule has 0 saturated heterocycles. The Hall–Kier alpha value is -1.67. The SMILES string of the molecule is CC1CCCC1CNS(=O)(=O)c1ccc(O)c([N+](=O)[O-])c1. The normalized spacial score (nSPS) is 22.3. The number of nitro groups is 1. The number of nitrogens with zero attached hydrogens (tertiary/aromatic N) is 1. The molecule has 0 heterocycles. The topological polar surface area (TPSA) is 110 Å². The van der Waals surface area contributed by atoms with Crippen molar-refractivity contribution in [3.05, 3.63) is 28.3 Å². The van der Waals surface area contributed by atoms with Crippen molar-refractivity contribution in [3.8, 4) is 5.75 Å². The van der Waals surface area contributed by atoms with Crippen molar-refractivity contribution in [2.75, 3.05) is 6.54 Å². The molecule has 0 aliphatic heterocycles. The van der Waals surface area contributed by atoms with Crippen molar-refractivity contribution in [2.24, 2.45) is 11.8 Å². The average molecular weight is 314 g/mol. The lowest BCUT2D eigenvalue weighted by Crippen LogP contribution is -2.30. The van der Waals surface area contributed by atoms with Gasteiger partial charge in [0.2, 0.25) is 10.0 Å². The molecular formula is C13H18N2O5S.